The average molecular weight is 960 g/mol. The van der Waals surface area contributed by atoms with Gasteiger partial charge in [0.25, 0.3) is 5.91 Å². The van der Waals surface area contributed by atoms with Crippen LogP contribution < -0.4 is 32.1 Å². The summed E-state index contributed by atoms with van der Waals surface area (Å²) in [5.74, 6) is -13.2. The number of aliphatic hydroxyl groups excluding tert-OH is 3. The molecule has 0 heterocycles. The van der Waals surface area contributed by atoms with Gasteiger partial charge in [-0.1, -0.05) is 74.4 Å². The molecule has 0 spiro atoms. The van der Waals surface area contributed by atoms with Crippen LogP contribution in [0.5, 0.6) is 5.75 Å². The number of halogens is 3. The number of rotatable bonds is 14. The second-order valence-corrected chi connectivity index (χ2v) is 21.0. The molecule has 1 saturated carbocycles. The molecular formula is C50H53F3N3O11P. The van der Waals surface area contributed by atoms with Crippen LogP contribution in [0.1, 0.15) is 62.5 Å². The van der Waals surface area contributed by atoms with E-state index in [0.29, 0.717) is 6.42 Å². The third-order valence-electron chi connectivity index (χ3n) is 13.1. The minimum Gasteiger partial charge on any atom is -0.542 e. The summed E-state index contributed by atoms with van der Waals surface area (Å²) in [6.07, 6.45) is -1.36. The summed E-state index contributed by atoms with van der Waals surface area (Å²) < 4.78 is 31.5. The molecule has 6 atom stereocenters. The number of phenols is 1. The van der Waals surface area contributed by atoms with Crippen LogP contribution in [0.25, 0.3) is 5.76 Å². The number of unbranched alkanes of at least 4 members (excludes halogenated alkanes) is 4. The lowest BCUT2D eigenvalue weighted by Crippen LogP contribution is -2.70. The van der Waals surface area contributed by atoms with Gasteiger partial charge >= 0.3 is 6.18 Å². The molecule has 14 nitrogen and oxygen atoms in total. The van der Waals surface area contributed by atoms with Crippen LogP contribution in [0.15, 0.2) is 120 Å². The molecule has 0 saturated heterocycles. The number of alkyl halides is 3. The smallest absolute Gasteiger partial charge is 0.430 e. The molecule has 0 aromatic heterocycles. The maximum atomic E-state index is 14.3. The number of carboxylic acid groups (broad SMARTS) is 1. The maximum Gasteiger partial charge on any atom is 0.430 e. The van der Waals surface area contributed by atoms with E-state index in [0.717, 1.165) is 31.8 Å². The van der Waals surface area contributed by atoms with Gasteiger partial charge in [0.2, 0.25) is 11.7 Å². The highest BCUT2D eigenvalue weighted by molar-refractivity contribution is 7.95. The summed E-state index contributed by atoms with van der Waals surface area (Å²) in [4.78, 5) is 63.7. The molecule has 4 aromatic rings. The Hall–Kier alpha value is -6.39. The van der Waals surface area contributed by atoms with Gasteiger partial charge in [-0.05, 0) is 93.4 Å². The Balaban J connectivity index is 0.00000101. The lowest BCUT2D eigenvalue weighted by Gasteiger charge is -2.53. The monoisotopic (exact) mass is 959 g/mol. The number of nitrogens with two attached hydrogens (primary N) is 1. The van der Waals surface area contributed by atoms with E-state index in [1.54, 1.807) is 6.92 Å². The standard InChI is InChI=1S/C48H52N3O9P.C2HF3O2/c1-28-35-32(25-26-33(52)37(35)42(54)38-36(28)43(55)40-41(51(2)3)44(56)39(47(49)59)46(58)48(40,60)45(38)57)50-34(53)24-16-5-4-6-17-27-61(29-18-10-7-11-19-29,30-20-12-8-13-21-30)31-22-14-9-15-23-31;3-2(4,5)1(6)7/h7-15,18-23,25-26,28,36,40-41,43,55,60H,4-6,16-17,24,27H2,1-3H3,(H5-,49,50,52,53,54,56,57,58,59);(H,6,7)/t28-,36+,40+,41-,43-,48-;/m0./s1. The second-order valence-electron chi connectivity index (χ2n) is 17.4. The average Bonchev–Trinajstić information content (AvgIpc) is 3.29. The molecule has 4 aromatic carbocycles. The van der Waals surface area contributed by atoms with Crippen LogP contribution >= 0.6 is 7.26 Å². The van der Waals surface area contributed by atoms with Crippen molar-refractivity contribution < 1.29 is 67.8 Å². The molecule has 18 heteroatoms. The number of carboxylic acids is 1. The molecule has 0 bridgehead atoms. The van der Waals surface area contributed by atoms with E-state index in [9.17, 15) is 57.9 Å². The zero-order valence-electron chi connectivity index (χ0n) is 37.4. The number of amides is 2. The number of primary amides is 1. The second kappa shape index (κ2) is 20.5. The first-order chi connectivity index (χ1) is 32.1. The summed E-state index contributed by atoms with van der Waals surface area (Å²) in [7, 11) is 0.969. The number of phenolic OH excluding ortho intramolecular Hbond substituents is 1. The van der Waals surface area contributed by atoms with Crippen molar-refractivity contribution in [3.8, 4) is 5.75 Å². The summed E-state index contributed by atoms with van der Waals surface area (Å²) in [5, 5.41) is 73.5. The van der Waals surface area contributed by atoms with E-state index >= 15 is 0 Å². The third kappa shape index (κ3) is 9.40. The number of aliphatic carboxylic acids is 1. The molecule has 68 heavy (non-hydrogen) atoms. The number of ketones is 2. The van der Waals surface area contributed by atoms with Crippen molar-refractivity contribution in [2.75, 3.05) is 25.6 Å². The Morgan fingerprint density at radius 2 is 1.29 bits per heavy atom. The third-order valence-corrected chi connectivity index (χ3v) is 17.6. The quantitative estimate of drug-likeness (QED) is 0.0409. The Kier molecular flexibility index (Phi) is 15.3. The Labute approximate surface area is 391 Å². The van der Waals surface area contributed by atoms with Crippen LogP contribution in [0.4, 0.5) is 18.9 Å². The molecule has 3 aliphatic carbocycles. The largest absolute Gasteiger partial charge is 0.542 e. The van der Waals surface area contributed by atoms with E-state index < -0.39 is 101 Å². The molecule has 0 aliphatic heterocycles. The summed E-state index contributed by atoms with van der Waals surface area (Å²) in [6.45, 7) is 1.64. The Morgan fingerprint density at radius 1 is 0.809 bits per heavy atom. The lowest BCUT2D eigenvalue weighted by molar-refractivity contribution is -0.344. The van der Waals surface area contributed by atoms with Gasteiger partial charge in [0.05, 0.1) is 29.8 Å². The predicted octanol–water partition coefficient (Wildman–Crippen LogP) is 4.07. The summed E-state index contributed by atoms with van der Waals surface area (Å²) in [5.41, 5.74) is 1.24. The van der Waals surface area contributed by atoms with E-state index in [-0.39, 0.29) is 29.1 Å². The summed E-state index contributed by atoms with van der Waals surface area (Å²) >= 11 is 0. The van der Waals surface area contributed by atoms with Crippen molar-refractivity contribution in [3.05, 3.63) is 131 Å². The van der Waals surface area contributed by atoms with Gasteiger partial charge in [0, 0.05) is 23.6 Å². The van der Waals surface area contributed by atoms with Crippen molar-refractivity contribution >= 4 is 64.0 Å². The van der Waals surface area contributed by atoms with Gasteiger partial charge < -0.3 is 46.5 Å². The topological polar surface area (TPSA) is 251 Å². The van der Waals surface area contributed by atoms with E-state index in [1.165, 1.54) is 47.0 Å². The van der Waals surface area contributed by atoms with Gasteiger partial charge in [-0.3, -0.25) is 24.1 Å². The van der Waals surface area contributed by atoms with Gasteiger partial charge in [-0.2, -0.15) is 13.2 Å². The number of benzene rings is 4. The SMILES string of the molecule is C[C@H]1c2c(NC(=O)CCCCCCC[P+](c3ccccc3)(c3ccccc3)c3ccccc3)ccc(O)c2C(O)=C2C(=O)[C@]3(O)C(O)=C(C(N)=O)C(=O)[C@@H](N(C)C)[C@@H]3[C@@H](O)[C@@H]21.O=C([O-])C(F)(F)F. The highest BCUT2D eigenvalue weighted by Crippen LogP contribution is 2.58. The van der Waals surface area contributed by atoms with Crippen molar-refractivity contribution in [1.29, 1.82) is 0 Å². The van der Waals surface area contributed by atoms with E-state index in [4.69, 9.17) is 15.6 Å². The highest BCUT2D eigenvalue weighted by Gasteiger charge is 2.68. The molecule has 1 fully saturated rings. The Bertz CT molecular complexity index is 2530. The molecule has 2 amide bonds. The van der Waals surface area contributed by atoms with E-state index in [1.807, 2.05) is 0 Å². The number of carbonyl (C=O) groups is 5. The van der Waals surface area contributed by atoms with Crippen LogP contribution in [0, 0.1) is 11.8 Å². The Morgan fingerprint density at radius 3 is 1.76 bits per heavy atom. The molecule has 3 aliphatic rings. The normalized spacial score (nSPS) is 22.4. The zero-order valence-corrected chi connectivity index (χ0v) is 38.3. The van der Waals surface area contributed by atoms with Crippen LogP contribution in [0.2, 0.25) is 0 Å². The first-order valence-electron chi connectivity index (χ1n) is 21.9. The number of likely N-dealkylation sites (N-methyl/N-ethyl adjacent to an activating group) is 1. The molecule has 8 N–H and O–H groups in total. The van der Waals surface area contributed by atoms with Crippen molar-refractivity contribution in [3.63, 3.8) is 0 Å². The number of aromatic hydroxyl groups is 1. The van der Waals surface area contributed by atoms with E-state index in [2.05, 4.69) is 96.3 Å². The first-order valence-corrected chi connectivity index (χ1v) is 23.9. The van der Waals surface area contributed by atoms with Gasteiger partial charge in [-0.15, -0.1) is 0 Å². The van der Waals surface area contributed by atoms with Gasteiger partial charge in [0.1, 0.15) is 52.0 Å². The number of hydrogen-bond donors (Lipinski definition) is 7. The fourth-order valence-corrected chi connectivity index (χ4v) is 14.5. The minimum absolute atomic E-state index is 0.186. The molecule has 7 rings (SSSR count). The number of hydrogen-bond acceptors (Lipinski definition) is 12. The lowest BCUT2D eigenvalue weighted by atomic mass is 9.54. The number of fused-ring (bicyclic) bond motifs is 3. The predicted molar refractivity (Wildman–Crippen MR) is 248 cm³/mol. The zero-order chi connectivity index (χ0) is 49.9. The number of carbonyl (C=O) groups excluding carboxylic acids is 5. The molecule has 360 valence electrons. The summed E-state index contributed by atoms with van der Waals surface area (Å²) in [6, 6.07) is 33.6. The van der Waals surface area contributed by atoms with Crippen LogP contribution in [-0.4, -0.2) is 104 Å². The highest BCUT2D eigenvalue weighted by atomic mass is 31.2. The number of nitrogens with zero attached hydrogens (tertiary/aromatic N) is 1. The maximum absolute atomic E-state index is 14.3. The minimum atomic E-state index is -5.19. The number of Topliss-reactive ketones (excluding diaryl/α,β-unsaturated/α-hetero) is 2. The van der Waals surface area contributed by atoms with Crippen molar-refractivity contribution in [2.24, 2.45) is 17.6 Å². The fraction of sp³-hybridized carbons (Fsp3) is 0.340. The van der Waals surface area contributed by atoms with Crippen molar-refractivity contribution in [2.45, 2.75) is 75.3 Å². The molecular weight excluding hydrogens is 907 g/mol. The van der Waals surface area contributed by atoms with Gasteiger partial charge in [-0.25, -0.2) is 0 Å². The molecule has 0 unspecified atom stereocenters. The fourth-order valence-electron chi connectivity index (χ4n) is 10.1. The molecule has 0 radical (unpaired) electrons. The number of nitrogens with one attached hydrogen (secondary N) is 1. The van der Waals surface area contributed by atoms with Crippen LogP contribution in [0.3, 0.4) is 0 Å². The number of anilines is 1. The number of aliphatic hydroxyl groups is 4. The van der Waals surface area contributed by atoms with Gasteiger partial charge in [0.15, 0.2) is 11.4 Å². The first kappa shape index (κ1) is 51.0. The van der Waals surface area contributed by atoms with Crippen LogP contribution in [-0.2, 0) is 24.0 Å². The van der Waals surface area contributed by atoms with Crippen molar-refractivity contribution in [1.82, 2.24) is 4.90 Å².